The van der Waals surface area contributed by atoms with Crippen molar-refractivity contribution in [2.45, 2.75) is 12.8 Å². The molecule has 1 N–H and O–H groups in total. The summed E-state index contributed by atoms with van der Waals surface area (Å²) in [6.07, 6.45) is 2.05. The Bertz CT molecular complexity index is 603. The molecule has 1 aliphatic carbocycles. The van der Waals surface area contributed by atoms with Crippen LogP contribution in [0.4, 0.5) is 4.39 Å². The van der Waals surface area contributed by atoms with E-state index in [1.165, 1.54) is 23.1 Å². The second kappa shape index (κ2) is 5.30. The van der Waals surface area contributed by atoms with Crippen LogP contribution in [0.1, 0.15) is 23.2 Å². The van der Waals surface area contributed by atoms with E-state index in [1.807, 2.05) is 0 Å². The molecular weight excluding hydrogens is 297 g/mol. The monoisotopic (exact) mass is 311 g/mol. The number of carbonyl (C=O) groups excluding carboxylic acids is 1. The van der Waals surface area contributed by atoms with Crippen LogP contribution in [0.15, 0.2) is 18.2 Å². The summed E-state index contributed by atoms with van der Waals surface area (Å²) in [4.78, 5) is 25.3. The lowest BCUT2D eigenvalue weighted by atomic mass is 9.92. The summed E-state index contributed by atoms with van der Waals surface area (Å²) >= 11 is 5.84. The van der Waals surface area contributed by atoms with Crippen LogP contribution in [-0.4, -0.2) is 35.0 Å². The smallest absolute Gasteiger partial charge is 0.308 e. The van der Waals surface area contributed by atoms with Gasteiger partial charge in [0.05, 0.1) is 16.5 Å². The molecule has 1 saturated heterocycles. The molecule has 2 fully saturated rings. The number of hydrogen-bond donors (Lipinski definition) is 1. The average Bonchev–Trinajstić information content (AvgIpc) is 3.19. The largest absolute Gasteiger partial charge is 0.481 e. The van der Waals surface area contributed by atoms with Crippen LogP contribution in [0, 0.1) is 23.6 Å². The molecule has 1 amide bonds. The van der Waals surface area contributed by atoms with Gasteiger partial charge in [-0.15, -0.1) is 0 Å². The van der Waals surface area contributed by atoms with E-state index in [1.54, 1.807) is 0 Å². The normalized spacial score (nSPS) is 25.1. The second-order valence-electron chi connectivity index (χ2n) is 5.76. The summed E-state index contributed by atoms with van der Waals surface area (Å²) < 4.78 is 13.4. The fourth-order valence-corrected chi connectivity index (χ4v) is 3.30. The first-order chi connectivity index (χ1) is 9.99. The first-order valence-corrected chi connectivity index (χ1v) is 7.33. The molecule has 6 heteroatoms. The third-order valence-corrected chi connectivity index (χ3v) is 4.76. The van der Waals surface area contributed by atoms with Gasteiger partial charge in [0.25, 0.3) is 5.91 Å². The Hall–Kier alpha value is -1.62. The lowest BCUT2D eigenvalue weighted by molar-refractivity contribution is -0.142. The zero-order chi connectivity index (χ0) is 15.1. The molecule has 1 aromatic carbocycles. The molecule has 3 rings (SSSR count). The summed E-state index contributed by atoms with van der Waals surface area (Å²) in [5.41, 5.74) is 0.0947. The number of carbonyl (C=O) groups is 2. The van der Waals surface area contributed by atoms with E-state index in [2.05, 4.69) is 0 Å². The number of likely N-dealkylation sites (tertiary alicyclic amines) is 1. The van der Waals surface area contributed by atoms with Crippen molar-refractivity contribution in [3.8, 4) is 0 Å². The van der Waals surface area contributed by atoms with Gasteiger partial charge < -0.3 is 10.0 Å². The van der Waals surface area contributed by atoms with Crippen LogP contribution in [0.3, 0.4) is 0 Å². The maximum atomic E-state index is 13.4. The third-order valence-electron chi connectivity index (χ3n) is 4.38. The summed E-state index contributed by atoms with van der Waals surface area (Å²) in [5.74, 6) is -2.05. The van der Waals surface area contributed by atoms with E-state index in [9.17, 15) is 19.1 Å². The molecule has 1 aromatic rings. The molecule has 1 aliphatic heterocycles. The lowest BCUT2D eigenvalue weighted by Crippen LogP contribution is -2.30. The highest BCUT2D eigenvalue weighted by atomic mass is 35.5. The Morgan fingerprint density at radius 3 is 2.62 bits per heavy atom. The fraction of sp³-hybridized carbons (Fsp3) is 0.467. The third kappa shape index (κ3) is 2.62. The maximum Gasteiger partial charge on any atom is 0.308 e. The summed E-state index contributed by atoms with van der Waals surface area (Å²) in [6.45, 7) is 0.579. The van der Waals surface area contributed by atoms with Crippen LogP contribution in [-0.2, 0) is 4.79 Å². The standard InChI is InChI=1S/C15H15ClFNO3/c16-13-9(2-1-3-12(13)17)14(19)18-6-10(8-4-5-8)11(7-18)15(20)21/h1-3,8,10-11H,4-7H2,(H,20,21)/t10-,11+/m1/s1. The Kier molecular flexibility index (Phi) is 3.61. The van der Waals surface area contributed by atoms with Gasteiger partial charge in [0.1, 0.15) is 5.82 Å². The van der Waals surface area contributed by atoms with Crippen LogP contribution < -0.4 is 0 Å². The van der Waals surface area contributed by atoms with Gasteiger partial charge in [-0.25, -0.2) is 4.39 Å². The van der Waals surface area contributed by atoms with Gasteiger partial charge in [0, 0.05) is 13.1 Å². The molecule has 2 aliphatic rings. The number of benzene rings is 1. The van der Waals surface area contributed by atoms with Crippen molar-refractivity contribution in [2.75, 3.05) is 13.1 Å². The molecule has 0 aromatic heterocycles. The zero-order valence-electron chi connectivity index (χ0n) is 11.3. The quantitative estimate of drug-likeness (QED) is 0.933. The molecule has 4 nitrogen and oxygen atoms in total. The molecule has 1 saturated carbocycles. The van der Waals surface area contributed by atoms with Gasteiger partial charge in [0.15, 0.2) is 0 Å². The molecule has 2 atom stereocenters. The van der Waals surface area contributed by atoms with Crippen LogP contribution in [0.2, 0.25) is 5.02 Å². The van der Waals surface area contributed by atoms with Crippen LogP contribution >= 0.6 is 11.6 Å². The van der Waals surface area contributed by atoms with Gasteiger partial charge >= 0.3 is 5.97 Å². The Labute approximate surface area is 126 Å². The Morgan fingerprint density at radius 2 is 2.00 bits per heavy atom. The second-order valence-corrected chi connectivity index (χ2v) is 6.14. The van der Waals surface area contributed by atoms with Crippen molar-refractivity contribution in [1.29, 1.82) is 0 Å². The molecule has 112 valence electrons. The predicted octanol–water partition coefficient (Wildman–Crippen LogP) is 2.66. The Morgan fingerprint density at radius 1 is 1.29 bits per heavy atom. The minimum Gasteiger partial charge on any atom is -0.481 e. The van der Waals surface area contributed by atoms with E-state index in [4.69, 9.17) is 11.6 Å². The molecule has 0 bridgehead atoms. The number of halogens is 2. The van der Waals surface area contributed by atoms with Gasteiger partial charge in [-0.1, -0.05) is 17.7 Å². The first-order valence-electron chi connectivity index (χ1n) is 6.95. The zero-order valence-corrected chi connectivity index (χ0v) is 12.0. The molecular formula is C15H15ClFNO3. The summed E-state index contributed by atoms with van der Waals surface area (Å²) in [6, 6.07) is 4.09. The van der Waals surface area contributed by atoms with E-state index < -0.39 is 23.6 Å². The van der Waals surface area contributed by atoms with Crippen molar-refractivity contribution in [1.82, 2.24) is 4.90 Å². The van der Waals surface area contributed by atoms with Gasteiger partial charge in [-0.3, -0.25) is 9.59 Å². The number of carboxylic acid groups (broad SMARTS) is 1. The Balaban J connectivity index is 1.82. The van der Waals surface area contributed by atoms with E-state index in [0.717, 1.165) is 12.8 Å². The van der Waals surface area contributed by atoms with Crippen LogP contribution in [0.5, 0.6) is 0 Å². The van der Waals surface area contributed by atoms with Crippen molar-refractivity contribution < 1.29 is 19.1 Å². The minimum absolute atomic E-state index is 0.00113. The topological polar surface area (TPSA) is 57.6 Å². The average molecular weight is 312 g/mol. The van der Waals surface area contributed by atoms with Gasteiger partial charge in [-0.2, -0.15) is 0 Å². The molecule has 21 heavy (non-hydrogen) atoms. The number of amides is 1. The highest BCUT2D eigenvalue weighted by Crippen LogP contribution is 2.44. The van der Waals surface area contributed by atoms with Gasteiger partial charge in [-0.05, 0) is 36.8 Å². The highest BCUT2D eigenvalue weighted by molar-refractivity contribution is 6.34. The number of nitrogens with zero attached hydrogens (tertiary/aromatic N) is 1. The van der Waals surface area contributed by atoms with E-state index in [0.29, 0.717) is 12.5 Å². The summed E-state index contributed by atoms with van der Waals surface area (Å²) in [5, 5.41) is 9.10. The lowest BCUT2D eigenvalue weighted by Gasteiger charge is -2.17. The van der Waals surface area contributed by atoms with Crippen LogP contribution in [0.25, 0.3) is 0 Å². The fourth-order valence-electron chi connectivity index (χ4n) is 3.10. The molecule has 0 spiro atoms. The molecule has 0 unspecified atom stereocenters. The van der Waals surface area contributed by atoms with Crippen molar-refractivity contribution in [3.05, 3.63) is 34.6 Å². The number of hydrogen-bond acceptors (Lipinski definition) is 2. The molecule has 1 heterocycles. The van der Waals surface area contributed by atoms with Crippen molar-refractivity contribution in [2.24, 2.45) is 17.8 Å². The SMILES string of the molecule is O=C(O)[C@H]1CN(C(=O)c2cccc(F)c2Cl)C[C@@H]1C1CC1. The van der Waals surface area contributed by atoms with Gasteiger partial charge in [0.2, 0.25) is 0 Å². The van der Waals surface area contributed by atoms with Crippen molar-refractivity contribution >= 4 is 23.5 Å². The van der Waals surface area contributed by atoms with Crippen molar-refractivity contribution in [3.63, 3.8) is 0 Å². The highest BCUT2D eigenvalue weighted by Gasteiger charge is 2.47. The molecule has 0 radical (unpaired) electrons. The number of carboxylic acids is 1. The van der Waals surface area contributed by atoms with E-state index >= 15 is 0 Å². The number of aliphatic carboxylic acids is 1. The minimum atomic E-state index is -0.868. The number of rotatable bonds is 3. The first kappa shape index (κ1) is 14.3. The predicted molar refractivity (Wildman–Crippen MR) is 74.7 cm³/mol. The maximum absolute atomic E-state index is 13.4. The van der Waals surface area contributed by atoms with E-state index in [-0.39, 0.29) is 23.0 Å². The summed E-state index contributed by atoms with van der Waals surface area (Å²) in [7, 11) is 0.